The predicted molar refractivity (Wildman–Crippen MR) is 214 cm³/mol. The Morgan fingerprint density at radius 1 is 0.362 bits per heavy atom. The van der Waals surface area contributed by atoms with Gasteiger partial charge in [0.05, 0.1) is 13.2 Å². The van der Waals surface area contributed by atoms with Crippen molar-refractivity contribution < 1.29 is 9.47 Å². The van der Waals surface area contributed by atoms with E-state index < -0.39 is 0 Å². The number of rotatable bonds is 38. The molecule has 47 heavy (non-hydrogen) atoms. The van der Waals surface area contributed by atoms with Crippen LogP contribution in [0.15, 0.2) is 18.2 Å². The van der Waals surface area contributed by atoms with Crippen LogP contribution >= 0.6 is 12.6 Å². The van der Waals surface area contributed by atoms with Crippen LogP contribution in [0.2, 0.25) is 0 Å². The third kappa shape index (κ3) is 30.9. The van der Waals surface area contributed by atoms with Gasteiger partial charge in [-0.25, -0.2) is 0 Å². The number of hydrogen-bond acceptors (Lipinski definition) is 3. The van der Waals surface area contributed by atoms with Gasteiger partial charge >= 0.3 is 0 Å². The molecule has 0 aromatic heterocycles. The molecule has 0 aliphatic rings. The van der Waals surface area contributed by atoms with Crippen molar-refractivity contribution in [2.24, 2.45) is 0 Å². The van der Waals surface area contributed by atoms with Crippen LogP contribution in [0.4, 0.5) is 0 Å². The molecule has 1 rings (SSSR count). The number of thiol groups is 1. The summed E-state index contributed by atoms with van der Waals surface area (Å²) in [5, 5.41) is 0. The van der Waals surface area contributed by atoms with Crippen LogP contribution in [0.3, 0.4) is 0 Å². The van der Waals surface area contributed by atoms with Gasteiger partial charge in [0.1, 0.15) is 11.5 Å². The van der Waals surface area contributed by atoms with E-state index >= 15 is 0 Å². The Labute approximate surface area is 301 Å². The summed E-state index contributed by atoms with van der Waals surface area (Å²) >= 11 is 4.46. The van der Waals surface area contributed by atoms with Gasteiger partial charge in [-0.15, -0.1) is 0 Å². The Hall–Kier alpha value is -0.830. The third-order valence-corrected chi connectivity index (χ3v) is 10.1. The van der Waals surface area contributed by atoms with Gasteiger partial charge in [0.25, 0.3) is 0 Å². The van der Waals surface area contributed by atoms with Crippen LogP contribution < -0.4 is 9.47 Å². The molecular weight excluding hydrogens is 593 g/mol. The topological polar surface area (TPSA) is 18.5 Å². The van der Waals surface area contributed by atoms with E-state index in [-0.39, 0.29) is 0 Å². The van der Waals surface area contributed by atoms with Gasteiger partial charge in [0, 0.05) is 6.07 Å². The summed E-state index contributed by atoms with van der Waals surface area (Å²) in [7, 11) is 0. The first-order valence-corrected chi connectivity index (χ1v) is 21.9. The van der Waals surface area contributed by atoms with Crippen molar-refractivity contribution in [2.75, 3.05) is 19.0 Å². The number of benzene rings is 1. The zero-order valence-corrected chi connectivity index (χ0v) is 32.8. The molecule has 0 saturated carbocycles. The van der Waals surface area contributed by atoms with E-state index in [1.54, 1.807) is 0 Å². The summed E-state index contributed by atoms with van der Waals surface area (Å²) in [6.07, 6.45) is 45.7. The summed E-state index contributed by atoms with van der Waals surface area (Å²) in [6, 6.07) is 6.47. The highest BCUT2D eigenvalue weighted by Crippen LogP contribution is 2.25. The molecule has 0 heterocycles. The average Bonchev–Trinajstić information content (AvgIpc) is 3.07. The van der Waals surface area contributed by atoms with Crippen molar-refractivity contribution in [1.29, 1.82) is 0 Å². The van der Waals surface area contributed by atoms with E-state index in [1.165, 1.54) is 198 Å². The molecule has 0 amide bonds. The lowest BCUT2D eigenvalue weighted by molar-refractivity contribution is 0.289. The molecule has 0 aliphatic heterocycles. The van der Waals surface area contributed by atoms with E-state index in [9.17, 15) is 0 Å². The Kier molecular flexibility index (Phi) is 34.3. The fourth-order valence-corrected chi connectivity index (χ4v) is 7.01. The molecule has 0 N–H and O–H groups in total. The van der Waals surface area contributed by atoms with E-state index in [0.717, 1.165) is 49.7 Å². The second kappa shape index (κ2) is 36.5. The van der Waals surface area contributed by atoms with Crippen molar-refractivity contribution >= 4 is 12.6 Å². The Balaban J connectivity index is 2.00. The van der Waals surface area contributed by atoms with Gasteiger partial charge in [-0.3, -0.25) is 0 Å². The van der Waals surface area contributed by atoms with Gasteiger partial charge in [-0.1, -0.05) is 206 Å². The lowest BCUT2D eigenvalue weighted by atomic mass is 10.0. The summed E-state index contributed by atoms with van der Waals surface area (Å²) in [5.74, 6) is 2.78. The lowest BCUT2D eigenvalue weighted by Gasteiger charge is -2.12. The first-order chi connectivity index (χ1) is 23.3. The summed E-state index contributed by atoms with van der Waals surface area (Å²) in [6.45, 7) is 6.21. The first kappa shape index (κ1) is 44.2. The Morgan fingerprint density at radius 3 is 0.872 bits per heavy atom. The molecule has 0 fully saturated rings. The molecule has 0 saturated heterocycles. The molecule has 2 nitrogen and oxygen atoms in total. The maximum Gasteiger partial charge on any atom is 0.123 e. The summed E-state index contributed by atoms with van der Waals surface area (Å²) in [5.41, 5.74) is 1.27. The van der Waals surface area contributed by atoms with E-state index in [1.807, 2.05) is 0 Å². The molecule has 0 bridgehead atoms. The quantitative estimate of drug-likeness (QED) is 0.0556. The van der Waals surface area contributed by atoms with Crippen LogP contribution in [-0.2, 0) is 6.42 Å². The number of aryl methyl sites for hydroxylation is 1. The highest BCUT2D eigenvalue weighted by Gasteiger charge is 2.05. The van der Waals surface area contributed by atoms with Gasteiger partial charge in [-0.05, 0) is 42.7 Å². The van der Waals surface area contributed by atoms with Crippen molar-refractivity contribution in [3.8, 4) is 11.5 Å². The maximum absolute atomic E-state index is 6.18. The number of ether oxygens (including phenoxy) is 2. The molecule has 0 unspecified atom stereocenters. The van der Waals surface area contributed by atoms with Crippen molar-refractivity contribution in [3.05, 3.63) is 23.8 Å². The van der Waals surface area contributed by atoms with Gasteiger partial charge in [-0.2, -0.15) is 12.6 Å². The highest BCUT2D eigenvalue weighted by molar-refractivity contribution is 7.80. The SMILES string of the molecule is CCCCCCCCCCCCCCCCCCOc1cc(CCS)cc(OCCCCCCCCCCCCCCCCCC)c1. The van der Waals surface area contributed by atoms with Gasteiger partial charge in [0.15, 0.2) is 0 Å². The van der Waals surface area contributed by atoms with Crippen LogP contribution in [0.25, 0.3) is 0 Å². The third-order valence-electron chi connectivity index (χ3n) is 9.87. The molecule has 1 aromatic carbocycles. The minimum atomic E-state index is 0.807. The normalized spacial score (nSPS) is 11.4. The largest absolute Gasteiger partial charge is 0.493 e. The molecular formula is C44H82O2S. The monoisotopic (exact) mass is 675 g/mol. The fourth-order valence-electron chi connectivity index (χ4n) is 6.75. The maximum atomic E-state index is 6.18. The van der Waals surface area contributed by atoms with Crippen molar-refractivity contribution in [1.82, 2.24) is 0 Å². The molecule has 0 radical (unpaired) electrons. The minimum Gasteiger partial charge on any atom is -0.493 e. The van der Waals surface area contributed by atoms with Crippen LogP contribution in [0.5, 0.6) is 11.5 Å². The molecule has 1 aromatic rings. The lowest BCUT2D eigenvalue weighted by Crippen LogP contribution is -2.01. The zero-order valence-electron chi connectivity index (χ0n) is 32.0. The van der Waals surface area contributed by atoms with Crippen LogP contribution in [0.1, 0.15) is 225 Å². The minimum absolute atomic E-state index is 0.807. The van der Waals surface area contributed by atoms with E-state index in [0.29, 0.717) is 0 Å². The molecule has 276 valence electrons. The van der Waals surface area contributed by atoms with Crippen molar-refractivity contribution in [3.63, 3.8) is 0 Å². The highest BCUT2D eigenvalue weighted by atomic mass is 32.1. The summed E-state index contributed by atoms with van der Waals surface area (Å²) < 4.78 is 12.4. The molecule has 0 aliphatic carbocycles. The zero-order chi connectivity index (χ0) is 33.7. The van der Waals surface area contributed by atoms with Gasteiger partial charge in [0.2, 0.25) is 0 Å². The first-order valence-electron chi connectivity index (χ1n) is 21.3. The molecule has 0 spiro atoms. The Bertz CT molecular complexity index is 694. The summed E-state index contributed by atoms with van der Waals surface area (Å²) in [4.78, 5) is 0. The standard InChI is InChI=1S/C44H82O2S/c1-3-5-7-9-11-13-15-17-19-21-23-25-27-29-31-33-36-45-43-39-42(35-38-47)40-44(41-43)46-37-34-32-30-28-26-24-22-20-18-16-14-12-10-8-6-4-2/h39-41,47H,3-38H2,1-2H3. The van der Waals surface area contributed by atoms with Gasteiger partial charge < -0.3 is 9.47 Å². The molecule has 0 atom stereocenters. The van der Waals surface area contributed by atoms with E-state index in [2.05, 4.69) is 44.7 Å². The van der Waals surface area contributed by atoms with Crippen LogP contribution in [0, 0.1) is 0 Å². The smallest absolute Gasteiger partial charge is 0.123 e. The second-order valence-corrected chi connectivity index (χ2v) is 15.0. The number of hydrogen-bond donors (Lipinski definition) is 1. The second-order valence-electron chi connectivity index (χ2n) is 14.6. The van der Waals surface area contributed by atoms with E-state index in [4.69, 9.17) is 9.47 Å². The Morgan fingerprint density at radius 2 is 0.617 bits per heavy atom. The average molecular weight is 675 g/mol. The fraction of sp³-hybridized carbons (Fsp3) is 0.864. The number of unbranched alkanes of at least 4 members (excludes halogenated alkanes) is 30. The van der Waals surface area contributed by atoms with Crippen LogP contribution in [-0.4, -0.2) is 19.0 Å². The molecule has 3 heteroatoms. The van der Waals surface area contributed by atoms with Crippen molar-refractivity contribution in [2.45, 2.75) is 226 Å². The predicted octanol–water partition coefficient (Wildman–Crippen LogP) is 15.4.